The zero-order valence-corrected chi connectivity index (χ0v) is 31.7. The number of ether oxygens (including phenoxy) is 2. The Bertz CT molecular complexity index is 1840. The molecule has 0 spiro atoms. The van der Waals surface area contributed by atoms with Crippen LogP contribution in [0.3, 0.4) is 0 Å². The third-order valence-electron chi connectivity index (χ3n) is 8.83. The van der Waals surface area contributed by atoms with Crippen molar-refractivity contribution in [2.75, 3.05) is 38.1 Å². The number of nitrogens with zero attached hydrogens (tertiary/aromatic N) is 4. The standard InChI is InChI=1S/C41H51N7O6/c1-40(2,3)54-39(52)45-41(4,5)38(51)43-33(28-53-27-31-17-11-7-12-18-31)36(49)44-34-26-48(29-42-34)35(32-19-13-8-14-20-32)37(50)47-23-21-46(22-24-47)25-30-15-9-6-10-16-30/h6-20,26,29,33,35H,21-25,27-28H2,1-5H3,(H,43,51)(H,44,49)(H,45,52). The number of hydrogen-bond donors (Lipinski definition) is 3. The van der Waals surface area contributed by atoms with Crippen molar-refractivity contribution in [1.82, 2.24) is 30.0 Å². The fourth-order valence-corrected chi connectivity index (χ4v) is 5.98. The normalized spacial score (nSPS) is 14.8. The number of amides is 4. The minimum Gasteiger partial charge on any atom is -0.444 e. The average molecular weight is 738 g/mol. The Balaban J connectivity index is 1.28. The molecule has 0 radical (unpaired) electrons. The van der Waals surface area contributed by atoms with E-state index in [1.54, 1.807) is 31.5 Å². The van der Waals surface area contributed by atoms with Gasteiger partial charge in [-0.25, -0.2) is 9.78 Å². The molecule has 3 aromatic carbocycles. The summed E-state index contributed by atoms with van der Waals surface area (Å²) in [6, 6.07) is 27.3. The van der Waals surface area contributed by atoms with E-state index in [-0.39, 0.29) is 24.9 Å². The van der Waals surface area contributed by atoms with E-state index in [4.69, 9.17) is 9.47 Å². The maximum absolute atomic E-state index is 14.2. The number of benzene rings is 3. The Morgan fingerprint density at radius 1 is 0.796 bits per heavy atom. The van der Waals surface area contributed by atoms with Gasteiger partial charge in [-0.3, -0.25) is 19.3 Å². The molecule has 13 nitrogen and oxygen atoms in total. The number of imidazole rings is 1. The Morgan fingerprint density at radius 3 is 2.00 bits per heavy atom. The van der Waals surface area contributed by atoms with Gasteiger partial charge in [-0.2, -0.15) is 0 Å². The molecule has 0 aliphatic carbocycles. The van der Waals surface area contributed by atoms with E-state index >= 15 is 0 Å². The first-order chi connectivity index (χ1) is 25.8. The van der Waals surface area contributed by atoms with E-state index < -0.39 is 41.1 Å². The first-order valence-corrected chi connectivity index (χ1v) is 18.2. The number of anilines is 1. The minimum atomic E-state index is -1.43. The van der Waals surface area contributed by atoms with Crippen molar-refractivity contribution in [3.63, 3.8) is 0 Å². The van der Waals surface area contributed by atoms with Crippen molar-refractivity contribution in [3.8, 4) is 0 Å². The van der Waals surface area contributed by atoms with Gasteiger partial charge in [0.15, 0.2) is 5.82 Å². The van der Waals surface area contributed by atoms with E-state index in [2.05, 4.69) is 38.0 Å². The fraction of sp³-hybridized carbons (Fsp3) is 0.390. The van der Waals surface area contributed by atoms with Crippen LogP contribution in [0.2, 0.25) is 0 Å². The Morgan fingerprint density at radius 2 is 1.39 bits per heavy atom. The van der Waals surface area contributed by atoms with Crippen LogP contribution >= 0.6 is 0 Å². The second kappa shape index (κ2) is 18.0. The summed E-state index contributed by atoms with van der Waals surface area (Å²) in [4.78, 5) is 62.6. The molecule has 54 heavy (non-hydrogen) atoms. The molecule has 1 aromatic heterocycles. The molecule has 13 heteroatoms. The van der Waals surface area contributed by atoms with Crippen LogP contribution in [-0.4, -0.2) is 93.1 Å². The lowest BCUT2D eigenvalue weighted by molar-refractivity contribution is -0.135. The zero-order chi connectivity index (χ0) is 38.7. The van der Waals surface area contributed by atoms with E-state index in [9.17, 15) is 19.2 Å². The van der Waals surface area contributed by atoms with Crippen LogP contribution < -0.4 is 16.0 Å². The van der Waals surface area contributed by atoms with Crippen molar-refractivity contribution in [1.29, 1.82) is 0 Å². The molecule has 1 fully saturated rings. The van der Waals surface area contributed by atoms with Crippen LogP contribution in [0.15, 0.2) is 104 Å². The predicted molar refractivity (Wildman–Crippen MR) is 205 cm³/mol. The number of piperazine rings is 1. The molecule has 2 unspecified atom stereocenters. The highest BCUT2D eigenvalue weighted by molar-refractivity contribution is 5.98. The van der Waals surface area contributed by atoms with Gasteiger partial charge in [-0.1, -0.05) is 91.0 Å². The first-order valence-electron chi connectivity index (χ1n) is 18.2. The number of hydrogen-bond acceptors (Lipinski definition) is 8. The average Bonchev–Trinajstić information content (AvgIpc) is 3.59. The van der Waals surface area contributed by atoms with Crippen molar-refractivity contribution in [3.05, 3.63) is 120 Å². The van der Waals surface area contributed by atoms with Gasteiger partial charge in [0.1, 0.15) is 23.2 Å². The highest BCUT2D eigenvalue weighted by Crippen LogP contribution is 2.24. The SMILES string of the molecule is CC(C)(C)OC(=O)NC(C)(C)C(=O)NC(COCc1ccccc1)C(=O)Nc1cn(C(C(=O)N2CCN(Cc3ccccc3)CC2)c2ccccc2)cn1. The van der Waals surface area contributed by atoms with E-state index in [1.807, 2.05) is 83.8 Å². The molecule has 5 rings (SSSR count). The third kappa shape index (κ3) is 11.5. The lowest BCUT2D eigenvalue weighted by atomic mass is 10.0. The molecule has 2 heterocycles. The topological polar surface area (TPSA) is 147 Å². The van der Waals surface area contributed by atoms with Gasteiger partial charge in [0.25, 0.3) is 5.91 Å². The number of carbonyl (C=O) groups is 4. The summed E-state index contributed by atoms with van der Waals surface area (Å²) in [6.07, 6.45) is 2.35. The van der Waals surface area contributed by atoms with Gasteiger partial charge in [-0.15, -0.1) is 0 Å². The molecule has 4 amide bonds. The number of nitrogens with one attached hydrogen (secondary N) is 3. The van der Waals surface area contributed by atoms with Gasteiger partial charge in [0, 0.05) is 38.9 Å². The Hall–Kier alpha value is -5.53. The summed E-state index contributed by atoms with van der Waals surface area (Å²) in [5.74, 6) is -1.10. The molecule has 0 bridgehead atoms. The molecular formula is C41H51N7O6. The van der Waals surface area contributed by atoms with E-state index in [0.717, 1.165) is 30.8 Å². The van der Waals surface area contributed by atoms with Crippen molar-refractivity contribution < 1.29 is 28.7 Å². The third-order valence-corrected chi connectivity index (χ3v) is 8.83. The van der Waals surface area contributed by atoms with Crippen LogP contribution in [0.1, 0.15) is 57.4 Å². The zero-order valence-electron chi connectivity index (χ0n) is 31.7. The molecule has 286 valence electrons. The Kier molecular flexibility index (Phi) is 13.2. The Labute approximate surface area is 317 Å². The summed E-state index contributed by atoms with van der Waals surface area (Å²) in [6.45, 7) is 11.7. The molecule has 1 aliphatic rings. The monoisotopic (exact) mass is 737 g/mol. The predicted octanol–water partition coefficient (Wildman–Crippen LogP) is 4.76. The molecule has 0 saturated carbocycles. The lowest BCUT2D eigenvalue weighted by Crippen LogP contribution is -2.59. The number of carbonyl (C=O) groups excluding carboxylic acids is 4. The van der Waals surface area contributed by atoms with E-state index in [1.165, 1.54) is 25.7 Å². The van der Waals surface area contributed by atoms with Crippen LogP contribution in [0.4, 0.5) is 10.6 Å². The molecule has 1 aliphatic heterocycles. The maximum Gasteiger partial charge on any atom is 0.408 e. The fourth-order valence-electron chi connectivity index (χ4n) is 5.98. The number of aromatic nitrogens is 2. The lowest BCUT2D eigenvalue weighted by Gasteiger charge is -2.36. The van der Waals surface area contributed by atoms with Gasteiger partial charge < -0.3 is 34.9 Å². The largest absolute Gasteiger partial charge is 0.444 e. The van der Waals surface area contributed by atoms with Gasteiger partial charge in [0.2, 0.25) is 11.8 Å². The van der Waals surface area contributed by atoms with Gasteiger partial charge in [0.05, 0.1) is 19.5 Å². The minimum absolute atomic E-state index is 0.0741. The molecule has 4 aromatic rings. The summed E-state index contributed by atoms with van der Waals surface area (Å²) in [5.41, 5.74) is 0.706. The second-order valence-corrected chi connectivity index (χ2v) is 14.9. The van der Waals surface area contributed by atoms with E-state index in [0.29, 0.717) is 13.1 Å². The highest BCUT2D eigenvalue weighted by Gasteiger charge is 2.35. The summed E-state index contributed by atoms with van der Waals surface area (Å²) in [5, 5.41) is 8.08. The number of rotatable bonds is 14. The smallest absolute Gasteiger partial charge is 0.408 e. The van der Waals surface area contributed by atoms with Crippen molar-refractivity contribution in [2.45, 2.75) is 71.0 Å². The summed E-state index contributed by atoms with van der Waals surface area (Å²) < 4.78 is 12.9. The van der Waals surface area contributed by atoms with Gasteiger partial charge >= 0.3 is 6.09 Å². The summed E-state index contributed by atoms with van der Waals surface area (Å²) in [7, 11) is 0. The maximum atomic E-state index is 14.2. The van der Waals surface area contributed by atoms with Crippen LogP contribution in [0.25, 0.3) is 0 Å². The van der Waals surface area contributed by atoms with Crippen LogP contribution in [0.5, 0.6) is 0 Å². The molecule has 2 atom stereocenters. The molecular weight excluding hydrogens is 686 g/mol. The number of alkyl carbamates (subject to hydrolysis) is 1. The quantitative estimate of drug-likeness (QED) is 0.168. The van der Waals surface area contributed by atoms with Crippen molar-refractivity contribution in [2.24, 2.45) is 0 Å². The summed E-state index contributed by atoms with van der Waals surface area (Å²) >= 11 is 0. The molecule has 3 N–H and O–H groups in total. The van der Waals surface area contributed by atoms with Gasteiger partial charge in [-0.05, 0) is 51.3 Å². The highest BCUT2D eigenvalue weighted by atomic mass is 16.6. The first kappa shape index (κ1) is 39.7. The van der Waals surface area contributed by atoms with Crippen molar-refractivity contribution >= 4 is 29.6 Å². The van der Waals surface area contributed by atoms with Crippen LogP contribution in [-0.2, 0) is 37.0 Å². The molecule has 1 saturated heterocycles. The van der Waals surface area contributed by atoms with Crippen LogP contribution in [0, 0.1) is 0 Å². The second-order valence-electron chi connectivity index (χ2n) is 14.9.